The number of aromatic nitrogens is 1. The summed E-state index contributed by atoms with van der Waals surface area (Å²) < 4.78 is 15.9. The Balaban J connectivity index is 0.000000519. The van der Waals surface area contributed by atoms with E-state index in [4.69, 9.17) is 5.11 Å². The predicted molar refractivity (Wildman–Crippen MR) is 181 cm³/mol. The third kappa shape index (κ3) is 7.10. The van der Waals surface area contributed by atoms with Gasteiger partial charge in [-0.25, -0.2) is 4.39 Å². The van der Waals surface area contributed by atoms with Crippen LogP contribution in [0.3, 0.4) is 0 Å². The van der Waals surface area contributed by atoms with Gasteiger partial charge in [0.15, 0.2) is 5.78 Å². The molecule has 0 amide bonds. The molecule has 6 rings (SSSR count). The number of benzene rings is 5. The molecule has 5 aromatic carbocycles. The van der Waals surface area contributed by atoms with Crippen LogP contribution in [0.15, 0.2) is 103 Å². The van der Waals surface area contributed by atoms with Crippen LogP contribution in [0.1, 0.15) is 19.4 Å². The Morgan fingerprint density at radius 3 is 2.16 bits per heavy atom. The van der Waals surface area contributed by atoms with E-state index >= 15 is 4.39 Å². The summed E-state index contributed by atoms with van der Waals surface area (Å²) in [5, 5.41) is 24.4. The van der Waals surface area contributed by atoms with E-state index in [1.54, 1.807) is 6.20 Å². The van der Waals surface area contributed by atoms with Crippen molar-refractivity contribution in [3.63, 3.8) is 0 Å². The van der Waals surface area contributed by atoms with Gasteiger partial charge in [-0.1, -0.05) is 103 Å². The number of allylic oxidation sites excluding steroid dienone is 2. The number of rotatable bonds is 4. The number of nitrogens with zero attached hydrogens (tertiary/aromatic N) is 2. The van der Waals surface area contributed by atoms with Gasteiger partial charge in [-0.15, -0.1) is 23.6 Å². The summed E-state index contributed by atoms with van der Waals surface area (Å²) in [7, 11) is -1.42. The summed E-state index contributed by atoms with van der Waals surface area (Å²) in [6, 6.07) is 33.2. The zero-order valence-corrected chi connectivity index (χ0v) is 29.1. The fraction of sp³-hybridized carbons (Fsp3) is 0.132. The topological polar surface area (TPSA) is 74.0 Å². The van der Waals surface area contributed by atoms with E-state index < -0.39 is 8.07 Å². The smallest absolute Gasteiger partial charge is 0.155 e. The average molecular weight is 788 g/mol. The van der Waals surface area contributed by atoms with Gasteiger partial charge in [0, 0.05) is 49.0 Å². The van der Waals surface area contributed by atoms with Crippen molar-refractivity contribution in [2.45, 2.75) is 33.5 Å². The summed E-state index contributed by atoms with van der Waals surface area (Å²) in [6.45, 7) is 9.78. The Labute approximate surface area is 277 Å². The molecule has 0 unspecified atom stereocenters. The second-order valence-electron chi connectivity index (χ2n) is 11.8. The van der Waals surface area contributed by atoms with Gasteiger partial charge in [-0.3, -0.25) is 9.78 Å². The van der Waals surface area contributed by atoms with Gasteiger partial charge in [0.1, 0.15) is 5.82 Å². The van der Waals surface area contributed by atoms with Crippen LogP contribution >= 0.6 is 0 Å². The summed E-state index contributed by atoms with van der Waals surface area (Å²) in [6.07, 6.45) is 2.91. The van der Waals surface area contributed by atoms with Crippen molar-refractivity contribution in [1.29, 1.82) is 5.26 Å². The minimum Gasteiger partial charge on any atom is -0.512 e. The van der Waals surface area contributed by atoms with Crippen molar-refractivity contribution in [2.24, 2.45) is 0 Å². The number of carbonyl (C=O) groups excluding carboxylic acids is 1. The first-order chi connectivity index (χ1) is 21.0. The van der Waals surface area contributed by atoms with Crippen LogP contribution in [0.2, 0.25) is 19.6 Å². The van der Waals surface area contributed by atoms with Crippen molar-refractivity contribution < 1.29 is 34.4 Å². The van der Waals surface area contributed by atoms with E-state index in [0.29, 0.717) is 16.5 Å². The first-order valence-electron chi connectivity index (χ1n) is 14.3. The Morgan fingerprint density at radius 2 is 1.53 bits per heavy atom. The number of aliphatic hydroxyl groups excluding tert-OH is 1. The second kappa shape index (κ2) is 13.7. The molecule has 1 radical (unpaired) electrons. The van der Waals surface area contributed by atoms with Crippen molar-refractivity contribution in [3.05, 3.63) is 120 Å². The van der Waals surface area contributed by atoms with Gasteiger partial charge >= 0.3 is 0 Å². The maximum atomic E-state index is 15.9. The van der Waals surface area contributed by atoms with Crippen molar-refractivity contribution >= 4 is 51.4 Å². The molecule has 1 N–H and O–H groups in total. The third-order valence-electron chi connectivity index (χ3n) is 7.50. The molecule has 1 aromatic heterocycles. The molecule has 45 heavy (non-hydrogen) atoms. The Hall–Kier alpha value is -4.47. The largest absolute Gasteiger partial charge is 0.512 e. The monoisotopic (exact) mass is 788 g/mol. The number of fused-ring (bicyclic) bond motifs is 4. The summed E-state index contributed by atoms with van der Waals surface area (Å²) >= 11 is 0. The Bertz CT molecular complexity index is 2120. The van der Waals surface area contributed by atoms with Gasteiger partial charge in [0.2, 0.25) is 0 Å². The average Bonchev–Trinajstić information content (AvgIpc) is 2.99. The van der Waals surface area contributed by atoms with Crippen LogP contribution in [-0.4, -0.2) is 23.9 Å². The predicted octanol–water partition coefficient (Wildman–Crippen LogP) is 9.27. The fourth-order valence-corrected chi connectivity index (χ4v) is 6.53. The number of hydrogen-bond donors (Lipinski definition) is 1. The Kier molecular flexibility index (Phi) is 10.1. The number of ketones is 1. The minimum absolute atomic E-state index is 0. The number of pyridine rings is 1. The van der Waals surface area contributed by atoms with Crippen molar-refractivity contribution in [1.82, 2.24) is 4.98 Å². The molecule has 0 spiro atoms. The van der Waals surface area contributed by atoms with E-state index in [1.165, 1.54) is 25.1 Å². The number of nitriles is 1. The maximum Gasteiger partial charge on any atom is 0.155 e. The molecule has 4 nitrogen and oxygen atoms in total. The van der Waals surface area contributed by atoms with Gasteiger partial charge in [0.25, 0.3) is 0 Å². The molecule has 6 aromatic rings. The zero-order valence-electron chi connectivity index (χ0n) is 25.7. The van der Waals surface area contributed by atoms with Crippen molar-refractivity contribution in [3.8, 4) is 28.5 Å². The van der Waals surface area contributed by atoms with Crippen LogP contribution < -0.4 is 5.19 Å². The molecule has 0 bridgehead atoms. The molecule has 7 heteroatoms. The first-order valence-corrected chi connectivity index (χ1v) is 17.8. The summed E-state index contributed by atoms with van der Waals surface area (Å²) in [5.41, 5.74) is 3.55. The molecule has 0 aliphatic rings. The van der Waals surface area contributed by atoms with Crippen LogP contribution in [0.25, 0.3) is 54.7 Å². The molecule has 0 aliphatic heterocycles. The molecule has 0 atom stereocenters. The van der Waals surface area contributed by atoms with Gasteiger partial charge < -0.3 is 5.11 Å². The van der Waals surface area contributed by atoms with Gasteiger partial charge in [-0.2, -0.15) is 5.26 Å². The number of hydrogen-bond acceptors (Lipinski definition) is 4. The van der Waals surface area contributed by atoms with Crippen LogP contribution in [0.5, 0.6) is 0 Å². The quantitative estimate of drug-likeness (QED) is 0.0636. The minimum atomic E-state index is -1.42. The molecule has 0 aliphatic carbocycles. The van der Waals surface area contributed by atoms with Crippen LogP contribution in [0.4, 0.5) is 4.39 Å². The summed E-state index contributed by atoms with van der Waals surface area (Å²) in [4.78, 5) is 14.7. The second-order valence-corrected chi connectivity index (χ2v) is 16.9. The molecular formula is C38H32FIrN2O2Si-. The molecule has 0 fully saturated rings. The van der Waals surface area contributed by atoms with Crippen LogP contribution in [0, 0.1) is 23.2 Å². The third-order valence-corrected chi connectivity index (χ3v) is 9.57. The Morgan fingerprint density at radius 1 is 0.889 bits per heavy atom. The molecule has 1 heterocycles. The number of aliphatic hydroxyl groups is 1. The maximum absolute atomic E-state index is 15.9. The standard InChI is InChI=1S/C33H24FN2Si.C5H8O2.Ir/c1-37(2,3)25-10-8-21(9-11-25)27-12-13-28-29-16-17-36-33(31(29)15-14-30(28)32(27)34)23-18-22-6-4-5-7-26(22)24(19-23)20-35;1-4(6)3-5(2)7;/h4-17,19H,1-3H3;3,6H,1-2H3;/q-1;;/b;4-3-;. The fourth-order valence-electron chi connectivity index (χ4n) is 5.37. The molecular weight excluding hydrogens is 756 g/mol. The van der Waals surface area contributed by atoms with E-state index in [9.17, 15) is 10.1 Å². The first kappa shape index (κ1) is 33.4. The van der Waals surface area contributed by atoms with Crippen molar-refractivity contribution in [2.75, 3.05) is 0 Å². The van der Waals surface area contributed by atoms with Gasteiger partial charge in [-0.05, 0) is 47.2 Å². The summed E-state index contributed by atoms with van der Waals surface area (Å²) in [5.74, 6) is -0.282. The van der Waals surface area contributed by atoms with Gasteiger partial charge in [0.05, 0.1) is 19.9 Å². The number of halogens is 1. The van der Waals surface area contributed by atoms with Crippen LogP contribution in [-0.2, 0) is 24.9 Å². The zero-order chi connectivity index (χ0) is 31.6. The SMILES string of the molecule is CC(=O)/C=C(/C)O.C[Si](C)(C)c1ccc(-c2ccc3c(ccc4c(-c5[c-]c6ccccc6c(C#N)c5)nccc43)c2F)cc1.[Ir]. The molecule has 0 saturated heterocycles. The van der Waals surface area contributed by atoms with E-state index in [2.05, 4.69) is 48.9 Å². The number of carbonyl (C=O) groups is 1. The van der Waals surface area contributed by atoms with E-state index in [1.807, 2.05) is 72.8 Å². The van der Waals surface area contributed by atoms with E-state index in [0.717, 1.165) is 43.8 Å². The normalized spacial score (nSPS) is 11.4. The van der Waals surface area contributed by atoms with E-state index in [-0.39, 0.29) is 37.5 Å². The molecule has 227 valence electrons. The molecule has 0 saturated carbocycles.